The smallest absolute Gasteiger partial charge is 0.329 e. The summed E-state index contributed by atoms with van der Waals surface area (Å²) in [7, 11) is 1.53. The van der Waals surface area contributed by atoms with E-state index in [1.165, 1.54) is 13.3 Å². The third kappa shape index (κ3) is 8.85. The number of benzene rings is 3. The van der Waals surface area contributed by atoms with Gasteiger partial charge in [-0.25, -0.2) is 5.43 Å². The molecule has 0 radical (unpaired) electrons. The number of carbonyl (C=O) groups is 3. The fourth-order valence-electron chi connectivity index (χ4n) is 3.53. The normalized spacial score (nSPS) is 10.6. The lowest BCUT2D eigenvalue weighted by Crippen LogP contribution is -2.32. The van der Waals surface area contributed by atoms with Crippen LogP contribution in [0.2, 0.25) is 0 Å². The zero-order chi connectivity index (χ0) is 28.4. The molecule has 0 bridgehead atoms. The van der Waals surface area contributed by atoms with Crippen molar-refractivity contribution < 1.29 is 28.6 Å². The zero-order valence-corrected chi connectivity index (χ0v) is 23.5. The van der Waals surface area contributed by atoms with E-state index in [4.69, 9.17) is 14.2 Å². The Kier molecular flexibility index (Phi) is 10.4. The van der Waals surface area contributed by atoms with Crippen molar-refractivity contribution in [1.29, 1.82) is 0 Å². The van der Waals surface area contributed by atoms with Crippen molar-refractivity contribution in [2.45, 2.75) is 20.8 Å². The minimum absolute atomic E-state index is 0.238. The van der Waals surface area contributed by atoms with Crippen molar-refractivity contribution >= 4 is 51.2 Å². The molecule has 0 saturated heterocycles. The highest BCUT2D eigenvalue weighted by atomic mass is 79.9. The second-order valence-electron chi connectivity index (χ2n) is 8.36. The van der Waals surface area contributed by atoms with E-state index in [2.05, 4.69) is 37.1 Å². The molecule has 0 fully saturated rings. The fourth-order valence-corrected chi connectivity index (χ4v) is 4.10. The van der Waals surface area contributed by atoms with Crippen LogP contribution in [0.3, 0.4) is 0 Å². The summed E-state index contributed by atoms with van der Waals surface area (Å²) in [4.78, 5) is 36.7. The maximum Gasteiger partial charge on any atom is 0.329 e. The summed E-state index contributed by atoms with van der Waals surface area (Å²) in [6, 6.07) is 15.6. The van der Waals surface area contributed by atoms with Crippen LogP contribution in [0.4, 0.5) is 11.4 Å². The quantitative estimate of drug-likeness (QED) is 0.179. The number of nitrogens with zero attached hydrogens (tertiary/aromatic N) is 1. The summed E-state index contributed by atoms with van der Waals surface area (Å²) in [6.07, 6.45) is 1.35. The van der Waals surface area contributed by atoms with E-state index >= 15 is 0 Å². The Balaban J connectivity index is 1.60. The average molecular weight is 597 g/mol. The number of aryl methyl sites for hydroxylation is 2. The number of nitrogens with one attached hydrogen (secondary N) is 3. The highest BCUT2D eigenvalue weighted by Gasteiger charge is 2.15. The maximum absolute atomic E-state index is 12.5. The second kappa shape index (κ2) is 14.0. The van der Waals surface area contributed by atoms with Crippen LogP contribution in [-0.2, 0) is 14.4 Å². The standard InChI is InChI=1S/C28H29BrN4O6/c1-5-38-24-14-19(15-30-33-28(36)27(35)32-20-6-8-22(37-4)9-7-20)13-23(29)26(24)39-16-25(34)31-21-11-17(2)10-18(3)12-21/h6-15H,5,16H2,1-4H3,(H,31,34)(H,32,35)(H,33,36)/b30-15-. The molecule has 0 aliphatic carbocycles. The van der Waals surface area contributed by atoms with Gasteiger partial charge in [0.1, 0.15) is 5.75 Å². The molecule has 204 valence electrons. The monoisotopic (exact) mass is 596 g/mol. The molecule has 3 aromatic carbocycles. The number of carbonyl (C=O) groups excluding carboxylic acids is 3. The minimum Gasteiger partial charge on any atom is -0.497 e. The first-order chi connectivity index (χ1) is 18.7. The molecular weight excluding hydrogens is 568 g/mol. The van der Waals surface area contributed by atoms with Crippen LogP contribution in [0.5, 0.6) is 17.2 Å². The van der Waals surface area contributed by atoms with Crippen LogP contribution < -0.4 is 30.3 Å². The molecular formula is C28H29BrN4O6. The topological polar surface area (TPSA) is 127 Å². The van der Waals surface area contributed by atoms with Gasteiger partial charge in [0.15, 0.2) is 18.1 Å². The van der Waals surface area contributed by atoms with E-state index < -0.39 is 11.8 Å². The number of methoxy groups -OCH3 is 1. The first-order valence-electron chi connectivity index (χ1n) is 11.9. The summed E-state index contributed by atoms with van der Waals surface area (Å²) >= 11 is 3.44. The second-order valence-corrected chi connectivity index (χ2v) is 9.21. The Morgan fingerprint density at radius 1 is 0.897 bits per heavy atom. The molecule has 3 aromatic rings. The van der Waals surface area contributed by atoms with Crippen molar-refractivity contribution in [2.75, 3.05) is 31.0 Å². The van der Waals surface area contributed by atoms with E-state index in [9.17, 15) is 14.4 Å². The Labute approximate surface area is 234 Å². The number of rotatable bonds is 10. The fraction of sp³-hybridized carbons (Fsp3) is 0.214. The SMILES string of the molecule is CCOc1cc(/C=N\NC(=O)C(=O)Nc2ccc(OC)cc2)cc(Br)c1OCC(=O)Nc1cc(C)cc(C)c1. The minimum atomic E-state index is -0.944. The van der Waals surface area contributed by atoms with Gasteiger partial charge < -0.3 is 24.8 Å². The molecule has 0 aliphatic rings. The number of halogens is 1. The van der Waals surface area contributed by atoms with Gasteiger partial charge in [0, 0.05) is 11.4 Å². The molecule has 0 atom stereocenters. The number of hydrazone groups is 1. The Bertz CT molecular complexity index is 1350. The van der Waals surface area contributed by atoms with E-state index in [0.29, 0.717) is 45.3 Å². The molecule has 3 N–H and O–H groups in total. The van der Waals surface area contributed by atoms with Crippen molar-refractivity contribution in [3.8, 4) is 17.2 Å². The molecule has 0 aliphatic heterocycles. The van der Waals surface area contributed by atoms with E-state index in [1.54, 1.807) is 36.4 Å². The highest BCUT2D eigenvalue weighted by Crippen LogP contribution is 2.36. The molecule has 3 rings (SSSR count). The summed E-state index contributed by atoms with van der Waals surface area (Å²) in [6.45, 7) is 5.84. The third-order valence-corrected chi connectivity index (χ3v) is 5.71. The predicted molar refractivity (Wildman–Crippen MR) is 153 cm³/mol. The van der Waals surface area contributed by atoms with Gasteiger partial charge in [-0.3, -0.25) is 14.4 Å². The number of ether oxygens (including phenoxy) is 3. The van der Waals surface area contributed by atoms with Crippen LogP contribution in [-0.4, -0.2) is 44.3 Å². The molecule has 3 amide bonds. The van der Waals surface area contributed by atoms with Gasteiger partial charge >= 0.3 is 11.8 Å². The molecule has 39 heavy (non-hydrogen) atoms. The molecule has 0 unspecified atom stereocenters. The van der Waals surface area contributed by atoms with Crippen molar-refractivity contribution in [1.82, 2.24) is 5.43 Å². The third-order valence-electron chi connectivity index (χ3n) is 5.12. The lowest BCUT2D eigenvalue weighted by molar-refractivity contribution is -0.136. The Hall–Kier alpha value is -4.38. The van der Waals surface area contributed by atoms with Gasteiger partial charge in [-0.1, -0.05) is 6.07 Å². The average Bonchev–Trinajstić information content (AvgIpc) is 2.88. The molecule has 0 saturated carbocycles. The molecule has 10 nitrogen and oxygen atoms in total. The first kappa shape index (κ1) is 29.2. The predicted octanol–water partition coefficient (Wildman–Crippen LogP) is 4.58. The molecule has 11 heteroatoms. The highest BCUT2D eigenvalue weighted by molar-refractivity contribution is 9.10. The first-order valence-corrected chi connectivity index (χ1v) is 12.7. The van der Waals surface area contributed by atoms with Gasteiger partial charge in [-0.05, 0) is 102 Å². The van der Waals surface area contributed by atoms with Crippen molar-refractivity contribution in [3.63, 3.8) is 0 Å². The van der Waals surface area contributed by atoms with E-state index in [-0.39, 0.29) is 12.5 Å². The number of hydrogen-bond donors (Lipinski definition) is 3. The van der Waals surface area contributed by atoms with Gasteiger partial charge in [0.05, 0.1) is 24.4 Å². The van der Waals surface area contributed by atoms with Crippen LogP contribution in [0.15, 0.2) is 64.2 Å². The van der Waals surface area contributed by atoms with Gasteiger partial charge in [0.2, 0.25) is 0 Å². The van der Waals surface area contributed by atoms with E-state index in [1.807, 2.05) is 39.0 Å². The molecule has 0 heterocycles. The summed E-state index contributed by atoms with van der Waals surface area (Å²) in [5.74, 6) is -0.812. The van der Waals surface area contributed by atoms with Gasteiger partial charge in [-0.2, -0.15) is 5.10 Å². The van der Waals surface area contributed by atoms with Crippen molar-refractivity contribution in [3.05, 3.63) is 75.8 Å². The lowest BCUT2D eigenvalue weighted by Gasteiger charge is -2.15. The lowest BCUT2D eigenvalue weighted by atomic mass is 10.1. The zero-order valence-electron chi connectivity index (χ0n) is 22.0. The number of hydrogen-bond acceptors (Lipinski definition) is 7. The largest absolute Gasteiger partial charge is 0.497 e. The van der Waals surface area contributed by atoms with Crippen LogP contribution in [0.25, 0.3) is 0 Å². The molecule has 0 spiro atoms. The van der Waals surface area contributed by atoms with Crippen LogP contribution >= 0.6 is 15.9 Å². The molecule has 0 aromatic heterocycles. The van der Waals surface area contributed by atoms with Crippen LogP contribution in [0, 0.1) is 13.8 Å². The van der Waals surface area contributed by atoms with Crippen molar-refractivity contribution in [2.24, 2.45) is 5.10 Å². The van der Waals surface area contributed by atoms with Crippen LogP contribution in [0.1, 0.15) is 23.6 Å². The van der Waals surface area contributed by atoms with Gasteiger partial charge in [-0.15, -0.1) is 0 Å². The summed E-state index contributed by atoms with van der Waals surface area (Å²) < 4.78 is 17.0. The Morgan fingerprint density at radius 2 is 1.59 bits per heavy atom. The summed E-state index contributed by atoms with van der Waals surface area (Å²) in [5, 5.41) is 9.15. The van der Waals surface area contributed by atoms with Gasteiger partial charge in [0.25, 0.3) is 5.91 Å². The number of amides is 3. The Morgan fingerprint density at radius 3 is 2.23 bits per heavy atom. The van der Waals surface area contributed by atoms with E-state index in [0.717, 1.165) is 11.1 Å². The summed E-state index contributed by atoms with van der Waals surface area (Å²) in [5.41, 5.74) is 5.94. The number of anilines is 2. The maximum atomic E-state index is 12.5.